The molecule has 0 spiro atoms. The van der Waals surface area contributed by atoms with Gasteiger partial charge in [-0.3, -0.25) is 9.78 Å². The largest absolute Gasteiger partial charge is 0.490 e. The fraction of sp³-hybridized carbons (Fsp3) is 0.133. The topological polar surface area (TPSA) is 64.1 Å². The summed E-state index contributed by atoms with van der Waals surface area (Å²) in [6.07, 6.45) is 3.32. The van der Waals surface area contributed by atoms with Crippen molar-refractivity contribution in [2.75, 3.05) is 13.2 Å². The van der Waals surface area contributed by atoms with Crippen molar-refractivity contribution in [1.29, 1.82) is 0 Å². The molecule has 0 aliphatic carbocycles. The Kier molecular flexibility index (Phi) is 4.07. The number of ether oxygens (including phenoxy) is 1. The molecule has 0 unspecified atom stereocenters. The van der Waals surface area contributed by atoms with E-state index in [2.05, 4.69) is 15.3 Å². The average Bonchev–Trinajstić information content (AvgIpc) is 3.00. The molecule has 1 amide bonds. The first-order chi connectivity index (χ1) is 10.3. The molecule has 0 fully saturated rings. The van der Waals surface area contributed by atoms with Gasteiger partial charge >= 0.3 is 0 Å². The van der Waals surface area contributed by atoms with Gasteiger partial charge in [0.15, 0.2) is 0 Å². The number of fused-ring (bicyclic) bond motifs is 1. The van der Waals surface area contributed by atoms with Crippen LogP contribution in [0.25, 0.3) is 10.2 Å². The lowest BCUT2D eigenvalue weighted by Crippen LogP contribution is -2.28. The molecular weight excluding hydrogens is 286 g/mol. The van der Waals surface area contributed by atoms with E-state index in [1.807, 2.05) is 18.2 Å². The minimum Gasteiger partial charge on any atom is -0.490 e. The van der Waals surface area contributed by atoms with Crippen LogP contribution in [0.5, 0.6) is 5.75 Å². The van der Waals surface area contributed by atoms with Crippen LogP contribution in [0.15, 0.2) is 48.2 Å². The predicted octanol–water partition coefficient (Wildman–Crippen LogP) is 2.50. The second kappa shape index (κ2) is 6.32. The number of rotatable bonds is 5. The molecule has 3 aromatic rings. The highest BCUT2D eigenvalue weighted by Crippen LogP contribution is 2.18. The SMILES string of the molecule is O=C(NCCOc1cccnc1)c1ccc2ncsc2c1. The van der Waals surface area contributed by atoms with Crippen molar-refractivity contribution in [2.45, 2.75) is 0 Å². The number of pyridine rings is 1. The fourth-order valence-electron chi connectivity index (χ4n) is 1.86. The van der Waals surface area contributed by atoms with Crippen LogP contribution in [-0.4, -0.2) is 29.0 Å². The third-order valence-electron chi connectivity index (χ3n) is 2.88. The molecule has 1 N–H and O–H groups in total. The zero-order valence-corrected chi connectivity index (χ0v) is 12.0. The quantitative estimate of drug-likeness (QED) is 0.735. The van der Waals surface area contributed by atoms with E-state index in [-0.39, 0.29) is 5.91 Å². The normalized spacial score (nSPS) is 10.5. The highest BCUT2D eigenvalue weighted by molar-refractivity contribution is 7.16. The molecule has 106 valence electrons. The number of hydrogen-bond donors (Lipinski definition) is 1. The van der Waals surface area contributed by atoms with E-state index in [1.54, 1.807) is 30.0 Å². The Morgan fingerprint density at radius 3 is 3.14 bits per heavy atom. The first kappa shape index (κ1) is 13.5. The molecule has 0 saturated carbocycles. The van der Waals surface area contributed by atoms with Crippen molar-refractivity contribution in [3.05, 3.63) is 53.8 Å². The fourth-order valence-corrected chi connectivity index (χ4v) is 2.58. The molecule has 5 nitrogen and oxygen atoms in total. The lowest BCUT2D eigenvalue weighted by molar-refractivity contribution is 0.0947. The van der Waals surface area contributed by atoms with Crippen molar-refractivity contribution < 1.29 is 9.53 Å². The van der Waals surface area contributed by atoms with Crippen molar-refractivity contribution in [1.82, 2.24) is 15.3 Å². The second-order valence-corrected chi connectivity index (χ2v) is 5.21. The molecule has 1 aromatic carbocycles. The Labute approximate surface area is 125 Å². The molecule has 2 heterocycles. The lowest BCUT2D eigenvalue weighted by Gasteiger charge is -2.07. The summed E-state index contributed by atoms with van der Waals surface area (Å²) in [7, 11) is 0. The predicted molar refractivity (Wildman–Crippen MR) is 81.7 cm³/mol. The van der Waals surface area contributed by atoms with Gasteiger partial charge in [0.05, 0.1) is 28.5 Å². The smallest absolute Gasteiger partial charge is 0.251 e. The van der Waals surface area contributed by atoms with E-state index in [0.29, 0.717) is 24.5 Å². The monoisotopic (exact) mass is 299 g/mol. The van der Waals surface area contributed by atoms with Gasteiger partial charge in [0.1, 0.15) is 12.4 Å². The third-order valence-corrected chi connectivity index (χ3v) is 3.68. The van der Waals surface area contributed by atoms with Crippen LogP contribution in [0.4, 0.5) is 0 Å². The number of amides is 1. The van der Waals surface area contributed by atoms with Gasteiger partial charge in [-0.15, -0.1) is 11.3 Å². The highest BCUT2D eigenvalue weighted by Gasteiger charge is 2.06. The number of thiazole rings is 1. The molecular formula is C15H13N3O2S. The first-order valence-electron chi connectivity index (χ1n) is 6.47. The molecule has 3 rings (SSSR count). The Bertz CT molecular complexity index is 743. The zero-order valence-electron chi connectivity index (χ0n) is 11.2. The summed E-state index contributed by atoms with van der Waals surface area (Å²) in [4.78, 5) is 20.2. The van der Waals surface area contributed by atoms with E-state index < -0.39 is 0 Å². The molecule has 0 bridgehead atoms. The number of nitrogens with zero attached hydrogens (tertiary/aromatic N) is 2. The molecule has 0 saturated heterocycles. The number of aromatic nitrogens is 2. The van der Waals surface area contributed by atoms with E-state index in [9.17, 15) is 4.79 Å². The zero-order chi connectivity index (χ0) is 14.5. The molecule has 0 aliphatic rings. The summed E-state index contributed by atoms with van der Waals surface area (Å²) in [5.74, 6) is 0.581. The maximum Gasteiger partial charge on any atom is 0.251 e. The van der Waals surface area contributed by atoms with Gasteiger partial charge in [-0.1, -0.05) is 0 Å². The number of nitrogens with one attached hydrogen (secondary N) is 1. The van der Waals surface area contributed by atoms with Gasteiger partial charge in [-0.05, 0) is 30.3 Å². The van der Waals surface area contributed by atoms with E-state index in [1.165, 1.54) is 11.3 Å². The number of carbonyl (C=O) groups is 1. The van der Waals surface area contributed by atoms with Crippen LogP contribution in [0.1, 0.15) is 10.4 Å². The second-order valence-electron chi connectivity index (χ2n) is 4.33. The highest BCUT2D eigenvalue weighted by atomic mass is 32.1. The van der Waals surface area contributed by atoms with Gasteiger partial charge in [0.2, 0.25) is 0 Å². The van der Waals surface area contributed by atoms with Crippen molar-refractivity contribution in [3.8, 4) is 5.75 Å². The van der Waals surface area contributed by atoms with Gasteiger partial charge in [-0.2, -0.15) is 0 Å². The molecule has 0 radical (unpaired) electrons. The van der Waals surface area contributed by atoms with Crippen molar-refractivity contribution >= 4 is 27.5 Å². The maximum atomic E-state index is 12.0. The molecule has 2 aromatic heterocycles. The van der Waals surface area contributed by atoms with Crippen LogP contribution < -0.4 is 10.1 Å². The number of benzene rings is 1. The minimum atomic E-state index is -0.111. The van der Waals surface area contributed by atoms with Gasteiger partial charge in [-0.25, -0.2) is 4.98 Å². The summed E-state index contributed by atoms with van der Waals surface area (Å²) in [6, 6.07) is 9.11. The molecule has 21 heavy (non-hydrogen) atoms. The van der Waals surface area contributed by atoms with Gasteiger partial charge in [0, 0.05) is 11.8 Å². The summed E-state index contributed by atoms with van der Waals surface area (Å²) in [5.41, 5.74) is 3.32. The Morgan fingerprint density at radius 1 is 1.33 bits per heavy atom. The average molecular weight is 299 g/mol. The van der Waals surface area contributed by atoms with Crippen molar-refractivity contribution in [2.24, 2.45) is 0 Å². The summed E-state index contributed by atoms with van der Waals surface area (Å²) in [5, 5.41) is 2.83. The Balaban J connectivity index is 1.52. The van der Waals surface area contributed by atoms with Crippen LogP contribution in [0.3, 0.4) is 0 Å². The summed E-state index contributed by atoms with van der Waals surface area (Å²) < 4.78 is 6.47. The summed E-state index contributed by atoms with van der Waals surface area (Å²) in [6.45, 7) is 0.842. The Morgan fingerprint density at radius 2 is 2.29 bits per heavy atom. The van der Waals surface area contributed by atoms with Gasteiger partial charge < -0.3 is 10.1 Å². The van der Waals surface area contributed by atoms with E-state index in [0.717, 1.165) is 10.2 Å². The Hall–Kier alpha value is -2.47. The number of hydrogen-bond acceptors (Lipinski definition) is 5. The molecule has 6 heteroatoms. The summed E-state index contributed by atoms with van der Waals surface area (Å²) >= 11 is 1.52. The standard InChI is InChI=1S/C15H13N3O2S/c19-15(11-3-4-13-14(8-11)21-10-18-13)17-6-7-20-12-2-1-5-16-9-12/h1-5,8-10H,6-7H2,(H,17,19). The van der Waals surface area contributed by atoms with Gasteiger partial charge in [0.25, 0.3) is 5.91 Å². The molecule has 0 aliphatic heterocycles. The third kappa shape index (κ3) is 3.35. The number of carbonyl (C=O) groups excluding carboxylic acids is 1. The van der Waals surface area contributed by atoms with Crippen LogP contribution in [-0.2, 0) is 0 Å². The van der Waals surface area contributed by atoms with E-state index in [4.69, 9.17) is 4.74 Å². The van der Waals surface area contributed by atoms with E-state index >= 15 is 0 Å². The van der Waals surface area contributed by atoms with Crippen LogP contribution in [0, 0.1) is 0 Å². The van der Waals surface area contributed by atoms with Crippen molar-refractivity contribution in [3.63, 3.8) is 0 Å². The molecule has 0 atom stereocenters. The lowest BCUT2D eigenvalue weighted by atomic mass is 10.2. The maximum absolute atomic E-state index is 12.0. The minimum absolute atomic E-state index is 0.111. The van der Waals surface area contributed by atoms with Crippen LogP contribution >= 0.6 is 11.3 Å². The van der Waals surface area contributed by atoms with Crippen LogP contribution in [0.2, 0.25) is 0 Å². The first-order valence-corrected chi connectivity index (χ1v) is 7.35.